The molecule has 19 aromatic rings. The van der Waals surface area contributed by atoms with Gasteiger partial charge in [-0.05, 0) is 197 Å². The Morgan fingerprint density at radius 1 is 0.167 bits per heavy atom. The normalized spacial score (nSPS) is 20.2. The maximum Gasteiger partial charge on any atom is 0.136 e. The second-order valence-corrected chi connectivity index (χ2v) is 19.5. The van der Waals surface area contributed by atoms with Crippen molar-refractivity contribution in [2.45, 2.75) is 0 Å². The van der Waals surface area contributed by atoms with Gasteiger partial charge in [0.05, 0.1) is 74.0 Å². The van der Waals surface area contributed by atoms with Crippen molar-refractivity contribution in [2.24, 2.45) is 0 Å². The van der Waals surface area contributed by atoms with Gasteiger partial charge in [-0.2, -0.15) is 0 Å². The predicted octanol–water partition coefficient (Wildman–Crippen LogP) is 25.2. The molecule has 0 saturated heterocycles. The summed E-state index contributed by atoms with van der Waals surface area (Å²) < 4.78 is 493. The average molecular weight is 1200 g/mol. The van der Waals surface area contributed by atoms with Crippen molar-refractivity contribution in [2.75, 3.05) is 0 Å². The van der Waals surface area contributed by atoms with E-state index in [9.17, 15) is 28.8 Å². The molecule has 0 saturated carbocycles. The van der Waals surface area contributed by atoms with Crippen LogP contribution in [0.2, 0.25) is 0 Å². The summed E-state index contributed by atoms with van der Waals surface area (Å²) in [5.74, 6) is 0. The van der Waals surface area contributed by atoms with Crippen molar-refractivity contribution in [3.8, 4) is 66.8 Å². The molecule has 2 heteroatoms. The third kappa shape index (κ3) is 8.41. The van der Waals surface area contributed by atoms with Gasteiger partial charge in [-0.15, -0.1) is 0 Å². The summed E-state index contributed by atoms with van der Waals surface area (Å²) in [6.45, 7) is 0. The quantitative estimate of drug-likeness (QED) is 0.123. The molecule has 0 amide bonds. The standard InChI is InChI=1S/C46H28O.C42H26O/c1-2-11-30(12-3-1)45-38-14-6-8-16-40(38)46(41-17-9-7-15-39(41)45)34-22-25-43-42(27-34)37-24-21-32(28-44(37)47-43)31-20-23-36-33(26-31)19-18-29-10-4-5-13-35(29)36;1-2-12-28(13-3-1)41-34-16-6-8-18-36(34)42(37-19-9-7-17-35(37)41)30-22-24-39-38(25-30)33-23-21-29(26-40(33)43-39)32-20-10-14-27-11-4-5-15-31(27)32/h1-28H;1-26H/i1D,2D,3D,4D,5D,6D,7D,8D,9D,10D,11D,12D,13D,14D,15D,16D,17D,18D,19D,20D,21D,22D,23D,24D,25D,26D,27D,28D;1D,2D,3D,4D,5D,6D,7D,8D,9D,10D,11D,12D,13D,14D,15D,16D,17D,18D,19D,20D,21D,22D,23D,24D,25D,26D. The Morgan fingerprint density at radius 3 is 0.989 bits per heavy atom. The van der Waals surface area contributed by atoms with E-state index < -0.39 is 512 Å². The zero-order valence-corrected chi connectivity index (χ0v) is 44.8. The van der Waals surface area contributed by atoms with Gasteiger partial charge in [0.15, 0.2) is 0 Å². The van der Waals surface area contributed by atoms with Gasteiger partial charge in [0, 0.05) is 21.5 Å². The smallest absolute Gasteiger partial charge is 0.136 e. The van der Waals surface area contributed by atoms with Crippen LogP contribution < -0.4 is 0 Å². The predicted molar refractivity (Wildman–Crippen MR) is 383 cm³/mol. The lowest BCUT2D eigenvalue weighted by Gasteiger charge is -2.17. The van der Waals surface area contributed by atoms with Crippen molar-refractivity contribution in [1.29, 1.82) is 0 Å². The highest BCUT2D eigenvalue weighted by Crippen LogP contribution is 2.48. The van der Waals surface area contributed by atoms with Gasteiger partial charge < -0.3 is 8.83 Å². The SMILES string of the molecule is [2H]c1c([2H])c([2H])c(-c2c3c([2H])c([2H])c([2H])c([2H])c3c(-c3c([2H])c([2H])c4oc5c([2H])c(-c6c([2H])c([2H])c([2H])c7c([2H])c([2H])c([2H])c([2H])c67)c([2H])c([2H])c5c4c3[2H])c3c([2H])c([2H])c([2H])c([2H])c23)c([2H])c1[2H].[2H]c1c([2H])c([2H])c(-c2c3c([2H])c([2H])c([2H])c([2H])c3c(-c3c([2H])c([2H])c4oc5c([2H])c(-c6c([2H])c([2H])c7c(c6[2H])c([2H])c([2H])c6c([2H])c([2H])c([2H])c([2H])c67)c([2H])c([2H])c5c4c3[2H])c3c([2H])c([2H])c([2H])c([2H])c23)c([2H])c1[2H]. The van der Waals surface area contributed by atoms with Gasteiger partial charge in [0.1, 0.15) is 22.3 Å². The molecule has 0 spiro atoms. The highest BCUT2D eigenvalue weighted by molar-refractivity contribution is 6.24. The van der Waals surface area contributed by atoms with Crippen molar-refractivity contribution in [3.63, 3.8) is 0 Å². The van der Waals surface area contributed by atoms with E-state index in [0.29, 0.717) is 0 Å². The van der Waals surface area contributed by atoms with Gasteiger partial charge in [-0.1, -0.05) is 272 Å². The summed E-state index contributed by atoms with van der Waals surface area (Å²) in [4.78, 5) is 0. The molecule has 2 heterocycles. The van der Waals surface area contributed by atoms with Gasteiger partial charge >= 0.3 is 0 Å². The molecule has 2 aromatic heterocycles. The van der Waals surface area contributed by atoms with E-state index in [0.717, 1.165) is 0 Å². The minimum atomic E-state index is -0.983. The molecule has 0 bridgehead atoms. The third-order valence-electron chi connectivity index (χ3n) is 14.6. The molecule has 0 fully saturated rings. The van der Waals surface area contributed by atoms with Crippen LogP contribution in [0.1, 0.15) is 74.0 Å². The largest absolute Gasteiger partial charge is 0.456 e. The van der Waals surface area contributed by atoms with Crippen molar-refractivity contribution < 1.29 is 82.9 Å². The number of fused-ring (bicyclic) bond motifs is 14. The number of rotatable bonds is 6. The molecule has 19 rings (SSSR count). The van der Waals surface area contributed by atoms with Crippen molar-refractivity contribution >= 4 is 119 Å². The maximum absolute atomic E-state index is 9.82. The lowest BCUT2D eigenvalue weighted by Crippen LogP contribution is -1.90. The molecule has 0 unspecified atom stereocenters. The summed E-state index contributed by atoms with van der Waals surface area (Å²) in [5.41, 5.74) is -11.1. The minimum Gasteiger partial charge on any atom is -0.456 e. The first-order valence-corrected chi connectivity index (χ1v) is 26.6. The summed E-state index contributed by atoms with van der Waals surface area (Å²) in [6, 6.07) is -47.9. The van der Waals surface area contributed by atoms with E-state index in [1.54, 1.807) is 0 Å². The first-order chi connectivity index (χ1) is 67.1. The van der Waals surface area contributed by atoms with Gasteiger partial charge in [0.25, 0.3) is 0 Å². The van der Waals surface area contributed by atoms with Crippen LogP contribution in [0.5, 0.6) is 0 Å². The summed E-state index contributed by atoms with van der Waals surface area (Å²) in [6.07, 6.45) is 0. The Hall–Kier alpha value is -11.8. The first kappa shape index (κ1) is 20.9. The third-order valence-corrected chi connectivity index (χ3v) is 14.6. The molecule has 0 aliphatic heterocycles. The molecule has 0 radical (unpaired) electrons. The van der Waals surface area contributed by atoms with E-state index in [1.165, 1.54) is 0 Å². The Kier molecular flexibility index (Phi) is 4.87. The van der Waals surface area contributed by atoms with Crippen LogP contribution in [0, 0.1) is 0 Å². The van der Waals surface area contributed by atoms with Gasteiger partial charge in [0.2, 0.25) is 0 Å². The molecule has 0 aliphatic carbocycles. The van der Waals surface area contributed by atoms with Gasteiger partial charge in [-0.3, -0.25) is 0 Å². The fourth-order valence-electron chi connectivity index (χ4n) is 10.8. The second kappa shape index (κ2) is 21.0. The number of hydrogen-bond acceptors (Lipinski definition) is 2. The number of furan rings is 2. The van der Waals surface area contributed by atoms with Crippen LogP contribution >= 0.6 is 0 Å². The Morgan fingerprint density at radius 2 is 0.500 bits per heavy atom. The number of benzene rings is 17. The molecule has 2 nitrogen and oxygen atoms in total. The van der Waals surface area contributed by atoms with Crippen LogP contribution in [0.4, 0.5) is 0 Å². The lowest BCUT2D eigenvalue weighted by molar-refractivity contribution is 0.668. The fraction of sp³-hybridized carbons (Fsp3) is 0. The lowest BCUT2D eigenvalue weighted by atomic mass is 9.86. The van der Waals surface area contributed by atoms with Crippen LogP contribution in [-0.4, -0.2) is 0 Å². The summed E-state index contributed by atoms with van der Waals surface area (Å²) >= 11 is 0. The van der Waals surface area contributed by atoms with Crippen LogP contribution in [0.15, 0.2) is 335 Å². The van der Waals surface area contributed by atoms with Crippen LogP contribution in [0.3, 0.4) is 0 Å². The molecule has 0 aliphatic rings. The molecule has 418 valence electrons. The molecular weight excluding hydrogens is 1090 g/mol. The fourth-order valence-corrected chi connectivity index (χ4v) is 10.8. The van der Waals surface area contributed by atoms with Crippen LogP contribution in [0.25, 0.3) is 186 Å². The summed E-state index contributed by atoms with van der Waals surface area (Å²) in [7, 11) is 0. The topological polar surface area (TPSA) is 26.3 Å². The van der Waals surface area contributed by atoms with E-state index in [2.05, 4.69) is 0 Å². The summed E-state index contributed by atoms with van der Waals surface area (Å²) in [5, 5.41) is -10.6. The molecule has 90 heavy (non-hydrogen) atoms. The molecule has 0 atom stereocenters. The van der Waals surface area contributed by atoms with E-state index in [1.807, 2.05) is 0 Å². The molecule has 17 aromatic carbocycles. The maximum atomic E-state index is 9.82. The average Bonchev–Trinajstić information content (AvgIpc) is 1.09. The zero-order chi connectivity index (χ0) is 106. The van der Waals surface area contributed by atoms with E-state index in [-0.39, 0.29) is 0 Å². The Balaban J connectivity index is 0.000000190. The van der Waals surface area contributed by atoms with Gasteiger partial charge in [-0.25, -0.2) is 0 Å². The van der Waals surface area contributed by atoms with Crippen molar-refractivity contribution in [3.05, 3.63) is 326 Å². The minimum absolute atomic E-state index is 0.440. The van der Waals surface area contributed by atoms with E-state index >= 15 is 0 Å². The first-order valence-electron chi connectivity index (χ1n) is 53.6. The highest BCUT2D eigenvalue weighted by Gasteiger charge is 2.21. The Bertz CT molecular complexity index is 9260. The molecule has 0 N–H and O–H groups in total. The zero-order valence-electron chi connectivity index (χ0n) is 98.8. The Labute approximate surface area is 595 Å². The number of hydrogen-bond donors (Lipinski definition) is 0. The molecular formula is C88H54O2. The second-order valence-electron chi connectivity index (χ2n) is 19.5. The van der Waals surface area contributed by atoms with Crippen molar-refractivity contribution in [1.82, 2.24) is 0 Å². The highest BCUT2D eigenvalue weighted by atomic mass is 16.3. The van der Waals surface area contributed by atoms with E-state index in [4.69, 9.17) is 54.1 Å². The van der Waals surface area contributed by atoms with Crippen LogP contribution in [-0.2, 0) is 0 Å². The monoisotopic (exact) mass is 1200 g/mol.